The maximum absolute atomic E-state index is 12.0. The summed E-state index contributed by atoms with van der Waals surface area (Å²) >= 11 is 0. The predicted molar refractivity (Wildman–Crippen MR) is 109 cm³/mol. The molecule has 0 aliphatic heterocycles. The fraction of sp³-hybridized carbons (Fsp3) is 0.0909. The molecule has 0 heterocycles. The van der Waals surface area contributed by atoms with Crippen molar-refractivity contribution < 1.29 is 19.4 Å². The number of para-hydroxylation sites is 1. The van der Waals surface area contributed by atoms with Crippen molar-refractivity contribution in [1.29, 1.82) is 0 Å². The molecule has 0 radical (unpaired) electrons. The number of nitrogens with zero attached hydrogens (tertiary/aromatic N) is 2. The van der Waals surface area contributed by atoms with Crippen molar-refractivity contribution in [2.75, 3.05) is 11.9 Å². The summed E-state index contributed by atoms with van der Waals surface area (Å²) in [5.74, 6) is -1.42. The van der Waals surface area contributed by atoms with Gasteiger partial charge >= 0.3 is 5.97 Å². The van der Waals surface area contributed by atoms with Crippen LogP contribution in [0.2, 0.25) is 0 Å². The van der Waals surface area contributed by atoms with E-state index in [1.165, 1.54) is 6.07 Å². The number of carbonyl (C=O) groups is 2. The van der Waals surface area contributed by atoms with Crippen LogP contribution in [0, 0.1) is 6.92 Å². The quantitative estimate of drug-likeness (QED) is 0.462. The van der Waals surface area contributed by atoms with Gasteiger partial charge in [0.2, 0.25) is 0 Å². The van der Waals surface area contributed by atoms with Crippen molar-refractivity contribution in [1.82, 2.24) is 0 Å². The molecule has 0 aromatic heterocycles. The van der Waals surface area contributed by atoms with E-state index in [4.69, 9.17) is 4.74 Å². The molecule has 7 heteroatoms. The van der Waals surface area contributed by atoms with Crippen LogP contribution in [0.1, 0.15) is 15.9 Å². The number of amides is 1. The van der Waals surface area contributed by atoms with Crippen LogP contribution in [0.4, 0.5) is 17.1 Å². The molecule has 0 spiro atoms. The summed E-state index contributed by atoms with van der Waals surface area (Å²) < 4.78 is 4.96. The minimum absolute atomic E-state index is 0.0194. The molecule has 2 N–H and O–H groups in total. The Morgan fingerprint density at radius 2 is 1.55 bits per heavy atom. The molecule has 0 aliphatic rings. The van der Waals surface area contributed by atoms with Crippen LogP contribution in [0.5, 0.6) is 5.75 Å². The molecule has 7 nitrogen and oxygen atoms in total. The molecule has 3 rings (SSSR count). The van der Waals surface area contributed by atoms with E-state index in [1.807, 2.05) is 30.3 Å². The van der Waals surface area contributed by atoms with Crippen LogP contribution < -0.4 is 5.32 Å². The van der Waals surface area contributed by atoms with Crippen molar-refractivity contribution in [3.63, 3.8) is 0 Å². The minimum Gasteiger partial charge on any atom is -0.507 e. The van der Waals surface area contributed by atoms with Crippen LogP contribution in [-0.2, 0) is 9.53 Å². The number of aromatic hydroxyl groups is 1. The number of anilines is 1. The van der Waals surface area contributed by atoms with Crippen LogP contribution in [0.3, 0.4) is 0 Å². The molecule has 1 amide bonds. The minimum atomic E-state index is -0.766. The van der Waals surface area contributed by atoms with Gasteiger partial charge in [0.15, 0.2) is 6.61 Å². The number of benzene rings is 3. The highest BCUT2D eigenvalue weighted by Crippen LogP contribution is 2.22. The Kier molecular flexibility index (Phi) is 6.32. The maximum Gasteiger partial charge on any atom is 0.342 e. The standard InChI is InChI=1S/C22H19N3O4/c1-15-6-5-9-19(21(15)27)22(28)29-14-20(26)23-16-10-12-18(13-11-16)25-24-17-7-3-2-4-8-17/h2-13,27H,14H2,1H3,(H,23,26). The number of nitrogens with one attached hydrogen (secondary N) is 1. The molecule has 0 saturated heterocycles. The van der Waals surface area contributed by atoms with Gasteiger partial charge in [-0.15, -0.1) is 0 Å². The molecule has 0 saturated carbocycles. The van der Waals surface area contributed by atoms with Crippen LogP contribution >= 0.6 is 0 Å². The first-order chi connectivity index (χ1) is 14.0. The summed E-state index contributed by atoms with van der Waals surface area (Å²) in [6, 6.07) is 20.8. The summed E-state index contributed by atoms with van der Waals surface area (Å²) in [6.07, 6.45) is 0. The predicted octanol–water partition coefficient (Wildman–Crippen LogP) is 4.91. The van der Waals surface area contributed by atoms with E-state index in [-0.39, 0.29) is 11.3 Å². The third-order valence-electron chi connectivity index (χ3n) is 3.98. The number of esters is 1. The fourth-order valence-corrected chi connectivity index (χ4v) is 2.45. The highest BCUT2D eigenvalue weighted by atomic mass is 16.5. The van der Waals surface area contributed by atoms with Crippen molar-refractivity contribution in [3.05, 3.63) is 83.9 Å². The first-order valence-corrected chi connectivity index (χ1v) is 8.85. The zero-order chi connectivity index (χ0) is 20.6. The first kappa shape index (κ1) is 19.8. The molecule has 0 bridgehead atoms. The van der Waals surface area contributed by atoms with Crippen molar-refractivity contribution in [2.24, 2.45) is 10.2 Å². The summed E-state index contributed by atoms with van der Waals surface area (Å²) in [7, 11) is 0. The van der Waals surface area contributed by atoms with Crippen LogP contribution in [0.15, 0.2) is 83.0 Å². The number of hydrogen-bond donors (Lipinski definition) is 2. The lowest BCUT2D eigenvalue weighted by Gasteiger charge is -2.08. The molecular weight excluding hydrogens is 370 g/mol. The average Bonchev–Trinajstić information content (AvgIpc) is 2.74. The SMILES string of the molecule is Cc1cccc(C(=O)OCC(=O)Nc2ccc(N=Nc3ccccc3)cc2)c1O. The monoisotopic (exact) mass is 389 g/mol. The number of azo groups is 1. The highest BCUT2D eigenvalue weighted by Gasteiger charge is 2.15. The third kappa shape index (κ3) is 5.49. The van der Waals surface area contributed by atoms with Gasteiger partial charge in [0.25, 0.3) is 5.91 Å². The number of phenols is 1. The molecule has 0 atom stereocenters. The van der Waals surface area contributed by atoms with Crippen LogP contribution in [-0.4, -0.2) is 23.6 Å². The van der Waals surface area contributed by atoms with Gasteiger partial charge in [-0.05, 0) is 55.0 Å². The lowest BCUT2D eigenvalue weighted by Crippen LogP contribution is -2.21. The second-order valence-corrected chi connectivity index (χ2v) is 6.18. The van der Waals surface area contributed by atoms with Gasteiger partial charge in [-0.25, -0.2) is 4.79 Å². The van der Waals surface area contributed by atoms with Crippen molar-refractivity contribution >= 4 is 28.9 Å². The number of carbonyl (C=O) groups excluding carboxylic acids is 2. The summed E-state index contributed by atoms with van der Waals surface area (Å²) in [4.78, 5) is 24.0. The molecule has 3 aromatic carbocycles. The van der Waals surface area contributed by atoms with E-state index in [2.05, 4.69) is 15.5 Å². The Labute approximate surface area is 167 Å². The van der Waals surface area contributed by atoms with E-state index in [0.717, 1.165) is 5.69 Å². The topological polar surface area (TPSA) is 100 Å². The number of rotatable bonds is 6. The fourth-order valence-electron chi connectivity index (χ4n) is 2.45. The Morgan fingerprint density at radius 3 is 2.24 bits per heavy atom. The molecule has 29 heavy (non-hydrogen) atoms. The maximum atomic E-state index is 12.0. The van der Waals surface area contributed by atoms with E-state index in [0.29, 0.717) is 16.9 Å². The van der Waals surface area contributed by atoms with Gasteiger partial charge < -0.3 is 15.2 Å². The van der Waals surface area contributed by atoms with Crippen molar-refractivity contribution in [3.8, 4) is 5.75 Å². The molecular formula is C22H19N3O4. The van der Waals surface area contributed by atoms with Gasteiger partial charge in [-0.3, -0.25) is 4.79 Å². The summed E-state index contributed by atoms with van der Waals surface area (Å²) in [5, 5.41) is 20.8. The molecule has 146 valence electrons. The Balaban J connectivity index is 1.52. The lowest BCUT2D eigenvalue weighted by molar-refractivity contribution is -0.119. The largest absolute Gasteiger partial charge is 0.507 e. The molecule has 0 fully saturated rings. The Bertz CT molecular complexity index is 1030. The molecule has 3 aromatic rings. The Hall–Kier alpha value is -4.00. The summed E-state index contributed by atoms with van der Waals surface area (Å²) in [5.41, 5.74) is 2.47. The number of hydrogen-bond acceptors (Lipinski definition) is 6. The van der Waals surface area contributed by atoms with Crippen LogP contribution in [0.25, 0.3) is 0 Å². The number of aryl methyl sites for hydroxylation is 1. The average molecular weight is 389 g/mol. The van der Waals surface area contributed by atoms with E-state index in [9.17, 15) is 14.7 Å². The smallest absolute Gasteiger partial charge is 0.342 e. The lowest BCUT2D eigenvalue weighted by atomic mass is 10.1. The summed E-state index contributed by atoms with van der Waals surface area (Å²) in [6.45, 7) is 1.20. The third-order valence-corrected chi connectivity index (χ3v) is 3.98. The second-order valence-electron chi connectivity index (χ2n) is 6.18. The highest BCUT2D eigenvalue weighted by molar-refractivity contribution is 5.97. The number of phenolic OH excluding ortho intramolecular Hbond substituents is 1. The second kappa shape index (κ2) is 9.27. The van der Waals surface area contributed by atoms with Gasteiger partial charge in [-0.2, -0.15) is 10.2 Å². The van der Waals surface area contributed by atoms with Gasteiger partial charge in [0.05, 0.1) is 11.4 Å². The Morgan fingerprint density at radius 1 is 0.897 bits per heavy atom. The molecule has 0 unspecified atom stereocenters. The first-order valence-electron chi connectivity index (χ1n) is 8.85. The zero-order valence-corrected chi connectivity index (χ0v) is 15.7. The van der Waals surface area contributed by atoms with Gasteiger partial charge in [0, 0.05) is 5.69 Å². The van der Waals surface area contributed by atoms with Crippen molar-refractivity contribution in [2.45, 2.75) is 6.92 Å². The molecule has 0 aliphatic carbocycles. The normalized spacial score (nSPS) is 10.7. The van der Waals surface area contributed by atoms with Gasteiger partial charge in [0.1, 0.15) is 11.3 Å². The van der Waals surface area contributed by atoms with E-state index < -0.39 is 18.5 Å². The van der Waals surface area contributed by atoms with Gasteiger partial charge in [-0.1, -0.05) is 30.3 Å². The van der Waals surface area contributed by atoms with E-state index >= 15 is 0 Å². The van der Waals surface area contributed by atoms with E-state index in [1.54, 1.807) is 43.3 Å². The zero-order valence-electron chi connectivity index (χ0n) is 15.7. The number of ether oxygens (including phenoxy) is 1.